The van der Waals surface area contributed by atoms with Gasteiger partial charge in [-0.2, -0.15) is 0 Å². The number of nitrogens with zero attached hydrogens (tertiary/aromatic N) is 2. The van der Waals surface area contributed by atoms with E-state index < -0.39 is 5.97 Å². The number of hydrogen-bond donors (Lipinski definition) is 1. The van der Waals surface area contributed by atoms with Crippen molar-refractivity contribution in [1.29, 1.82) is 0 Å². The van der Waals surface area contributed by atoms with E-state index in [1.807, 2.05) is 12.1 Å². The number of rotatable bonds is 6. The molecule has 2 aromatic heterocycles. The van der Waals surface area contributed by atoms with Crippen LogP contribution in [-0.4, -0.2) is 34.7 Å². The van der Waals surface area contributed by atoms with E-state index in [1.165, 1.54) is 35.8 Å². The molecule has 0 radical (unpaired) electrons. The van der Waals surface area contributed by atoms with Crippen molar-refractivity contribution in [3.05, 3.63) is 59.4 Å². The number of hydrogen-bond acceptors (Lipinski definition) is 7. The summed E-state index contributed by atoms with van der Waals surface area (Å²) >= 11 is 2.86. The summed E-state index contributed by atoms with van der Waals surface area (Å²) in [6, 6.07) is 9.94. The molecule has 0 spiro atoms. The topological polar surface area (TPSA) is 81.2 Å². The van der Waals surface area contributed by atoms with Crippen molar-refractivity contribution in [1.82, 2.24) is 9.97 Å². The molecule has 0 bridgehead atoms. The molecular weight excluding hydrogens is 406 g/mol. The van der Waals surface area contributed by atoms with Crippen molar-refractivity contribution in [2.45, 2.75) is 24.4 Å². The third-order valence-electron chi connectivity index (χ3n) is 4.66. The molecule has 6 nitrogen and oxygen atoms in total. The van der Waals surface area contributed by atoms with Crippen molar-refractivity contribution in [3.8, 4) is 10.4 Å². The van der Waals surface area contributed by atoms with Crippen molar-refractivity contribution in [2.24, 2.45) is 0 Å². The van der Waals surface area contributed by atoms with Crippen LogP contribution < -0.4 is 5.32 Å². The zero-order valence-corrected chi connectivity index (χ0v) is 17.4. The molecule has 0 atom stereocenters. The number of amides is 1. The summed E-state index contributed by atoms with van der Waals surface area (Å²) in [6.45, 7) is 0. The van der Waals surface area contributed by atoms with E-state index in [2.05, 4.69) is 27.4 Å². The molecule has 148 valence electrons. The van der Waals surface area contributed by atoms with Gasteiger partial charge < -0.3 is 10.1 Å². The van der Waals surface area contributed by atoms with Gasteiger partial charge >= 0.3 is 5.97 Å². The number of methoxy groups -OCH3 is 1. The maximum atomic E-state index is 12.5. The fraction of sp³-hybridized carbons (Fsp3) is 0.238. The summed E-state index contributed by atoms with van der Waals surface area (Å²) in [7, 11) is 1.37. The zero-order valence-electron chi connectivity index (χ0n) is 15.8. The largest absolute Gasteiger partial charge is 0.465 e. The molecule has 1 aliphatic carbocycles. The van der Waals surface area contributed by atoms with Gasteiger partial charge in [-0.05, 0) is 35.6 Å². The standard InChI is InChI=1S/C21H19N3O3S2/c1-27-20(26)17-15-8-7-13-5-2-3-6-14(13)18(15)29-19(17)24-16(25)9-12-28-21-22-10-4-11-23-21/h2-6,10-11H,7-9,12H2,1H3,(H,24,25). The van der Waals surface area contributed by atoms with Gasteiger partial charge in [-0.3, -0.25) is 4.79 Å². The van der Waals surface area contributed by atoms with Gasteiger partial charge in [0.05, 0.1) is 12.7 Å². The van der Waals surface area contributed by atoms with Crippen LogP contribution in [0.2, 0.25) is 0 Å². The first kappa shape index (κ1) is 19.6. The Morgan fingerprint density at radius 2 is 1.97 bits per heavy atom. The first-order valence-electron chi connectivity index (χ1n) is 9.19. The third-order valence-corrected chi connectivity index (χ3v) is 6.72. The molecule has 0 aliphatic heterocycles. The molecule has 29 heavy (non-hydrogen) atoms. The smallest absolute Gasteiger partial charge is 0.341 e. The van der Waals surface area contributed by atoms with Gasteiger partial charge in [0.15, 0.2) is 5.16 Å². The molecule has 0 unspecified atom stereocenters. The summed E-state index contributed by atoms with van der Waals surface area (Å²) in [5, 5.41) is 4.12. The van der Waals surface area contributed by atoms with Gasteiger partial charge in [0.2, 0.25) is 5.91 Å². The molecule has 3 aromatic rings. The second-order valence-electron chi connectivity index (χ2n) is 6.44. The molecule has 0 saturated carbocycles. The number of thioether (sulfide) groups is 1. The van der Waals surface area contributed by atoms with Crippen LogP contribution in [0.5, 0.6) is 0 Å². The molecule has 0 saturated heterocycles. The van der Waals surface area contributed by atoms with E-state index in [1.54, 1.807) is 18.5 Å². The van der Waals surface area contributed by atoms with Crippen LogP contribution in [0.3, 0.4) is 0 Å². The summed E-state index contributed by atoms with van der Waals surface area (Å²) in [5.41, 5.74) is 3.83. The minimum atomic E-state index is -0.413. The number of anilines is 1. The predicted molar refractivity (Wildman–Crippen MR) is 115 cm³/mol. The molecule has 1 aromatic carbocycles. The van der Waals surface area contributed by atoms with Gasteiger partial charge in [0, 0.05) is 29.4 Å². The minimum absolute atomic E-state index is 0.148. The van der Waals surface area contributed by atoms with Gasteiger partial charge in [-0.25, -0.2) is 14.8 Å². The average molecular weight is 426 g/mol. The lowest BCUT2D eigenvalue weighted by Gasteiger charge is -2.16. The SMILES string of the molecule is COC(=O)c1c(NC(=O)CCSc2ncccn2)sc2c1CCc1ccccc1-2. The Kier molecular flexibility index (Phi) is 5.92. The van der Waals surface area contributed by atoms with Crippen LogP contribution in [0.4, 0.5) is 5.00 Å². The lowest BCUT2D eigenvalue weighted by Crippen LogP contribution is -2.15. The normalized spacial score (nSPS) is 12.0. The quantitative estimate of drug-likeness (QED) is 0.362. The summed E-state index contributed by atoms with van der Waals surface area (Å²) in [5.74, 6) is -0.00755. The molecular formula is C21H19N3O3S2. The van der Waals surface area contributed by atoms with Crippen LogP contribution in [0.15, 0.2) is 47.9 Å². The number of thiophene rings is 1. The molecule has 1 aliphatic rings. The first-order chi connectivity index (χ1) is 14.2. The molecule has 0 fully saturated rings. The van der Waals surface area contributed by atoms with E-state index in [4.69, 9.17) is 4.74 Å². The molecule has 8 heteroatoms. The first-order valence-corrected chi connectivity index (χ1v) is 11.0. The Hall–Kier alpha value is -2.71. The van der Waals surface area contributed by atoms with Crippen LogP contribution in [0.25, 0.3) is 10.4 Å². The lowest BCUT2D eigenvalue weighted by atomic mass is 9.89. The maximum Gasteiger partial charge on any atom is 0.341 e. The Labute approximate surface area is 176 Å². The molecule has 2 heterocycles. The van der Waals surface area contributed by atoms with E-state index in [-0.39, 0.29) is 5.91 Å². The van der Waals surface area contributed by atoms with Crippen LogP contribution >= 0.6 is 23.1 Å². The number of esters is 1. The second-order valence-corrected chi connectivity index (χ2v) is 8.52. The Morgan fingerprint density at radius 3 is 2.76 bits per heavy atom. The fourth-order valence-electron chi connectivity index (χ4n) is 3.33. The van der Waals surface area contributed by atoms with Gasteiger partial charge in [-0.1, -0.05) is 36.0 Å². The molecule has 4 rings (SSSR count). The van der Waals surface area contributed by atoms with Crippen LogP contribution in [0, 0.1) is 0 Å². The second kappa shape index (κ2) is 8.75. The van der Waals surface area contributed by atoms with Crippen molar-refractivity contribution in [3.63, 3.8) is 0 Å². The number of carbonyl (C=O) groups is 2. The fourth-order valence-corrected chi connectivity index (χ4v) is 5.39. The van der Waals surface area contributed by atoms with Crippen LogP contribution in [-0.2, 0) is 22.4 Å². The number of fused-ring (bicyclic) bond motifs is 3. The van der Waals surface area contributed by atoms with E-state index in [9.17, 15) is 9.59 Å². The monoisotopic (exact) mass is 425 g/mol. The molecule has 1 N–H and O–H groups in total. The Bertz CT molecular complexity index is 1050. The lowest BCUT2D eigenvalue weighted by molar-refractivity contribution is -0.115. The van der Waals surface area contributed by atoms with Crippen molar-refractivity contribution in [2.75, 3.05) is 18.2 Å². The van der Waals surface area contributed by atoms with Gasteiger partial charge in [-0.15, -0.1) is 11.3 Å². The maximum absolute atomic E-state index is 12.5. The average Bonchev–Trinajstić information content (AvgIpc) is 3.12. The highest BCUT2D eigenvalue weighted by molar-refractivity contribution is 7.99. The zero-order chi connectivity index (χ0) is 20.2. The van der Waals surface area contributed by atoms with Gasteiger partial charge in [0.1, 0.15) is 5.00 Å². The Morgan fingerprint density at radius 1 is 1.17 bits per heavy atom. The highest BCUT2D eigenvalue weighted by atomic mass is 32.2. The number of nitrogens with one attached hydrogen (secondary N) is 1. The highest BCUT2D eigenvalue weighted by Gasteiger charge is 2.29. The summed E-state index contributed by atoms with van der Waals surface area (Å²) in [6.07, 6.45) is 5.26. The number of carbonyl (C=O) groups excluding carboxylic acids is 2. The highest BCUT2D eigenvalue weighted by Crippen LogP contribution is 2.45. The summed E-state index contributed by atoms with van der Waals surface area (Å²) < 4.78 is 5.01. The third kappa shape index (κ3) is 4.18. The van der Waals surface area contributed by atoms with E-state index in [0.717, 1.165) is 28.8 Å². The van der Waals surface area contributed by atoms with E-state index >= 15 is 0 Å². The van der Waals surface area contributed by atoms with Crippen molar-refractivity contribution < 1.29 is 14.3 Å². The number of benzene rings is 1. The molecule has 1 amide bonds. The summed E-state index contributed by atoms with van der Waals surface area (Å²) in [4.78, 5) is 34.3. The van der Waals surface area contributed by atoms with Gasteiger partial charge in [0.25, 0.3) is 0 Å². The van der Waals surface area contributed by atoms with Crippen molar-refractivity contribution >= 4 is 40.0 Å². The number of ether oxygens (including phenoxy) is 1. The number of aryl methyl sites for hydroxylation is 1. The minimum Gasteiger partial charge on any atom is -0.465 e. The Balaban J connectivity index is 1.53. The predicted octanol–water partition coefficient (Wildman–Crippen LogP) is 4.21. The number of aromatic nitrogens is 2. The van der Waals surface area contributed by atoms with Crippen LogP contribution in [0.1, 0.15) is 27.9 Å². The van der Waals surface area contributed by atoms with E-state index in [0.29, 0.717) is 27.9 Å².